The third-order valence-corrected chi connectivity index (χ3v) is 4.51. The first-order valence-corrected chi connectivity index (χ1v) is 9.96. The first-order chi connectivity index (χ1) is 14.6. The van der Waals surface area contributed by atoms with Crippen molar-refractivity contribution in [1.82, 2.24) is 5.32 Å². The fourth-order valence-corrected chi connectivity index (χ4v) is 2.86. The smallest absolute Gasteiger partial charge is 0.253 e. The van der Waals surface area contributed by atoms with Gasteiger partial charge in [0, 0.05) is 11.6 Å². The lowest BCUT2D eigenvalue weighted by molar-refractivity contribution is -0.132. The van der Waals surface area contributed by atoms with E-state index in [0.717, 1.165) is 11.1 Å². The second-order valence-corrected chi connectivity index (χ2v) is 6.79. The highest BCUT2D eigenvalue weighted by atomic mass is 35.5. The van der Waals surface area contributed by atoms with Gasteiger partial charge in [-0.2, -0.15) is 0 Å². The van der Waals surface area contributed by atoms with Crippen molar-refractivity contribution in [2.75, 3.05) is 26.9 Å². The Labute approximate surface area is 183 Å². The second kappa shape index (κ2) is 12.6. The van der Waals surface area contributed by atoms with E-state index < -0.39 is 6.10 Å². The van der Waals surface area contributed by atoms with Crippen molar-refractivity contribution >= 4 is 17.5 Å². The van der Waals surface area contributed by atoms with Crippen molar-refractivity contribution < 1.29 is 19.0 Å². The number of hydrogen-bond acceptors (Lipinski definition) is 4. The lowest BCUT2D eigenvalue weighted by atomic mass is 10.1. The Kier molecular flexibility index (Phi) is 9.79. The second-order valence-electron chi connectivity index (χ2n) is 6.35. The Morgan fingerprint density at radius 1 is 1.23 bits per heavy atom. The zero-order valence-corrected chi connectivity index (χ0v) is 17.9. The zero-order valence-electron chi connectivity index (χ0n) is 17.2. The van der Waals surface area contributed by atoms with Gasteiger partial charge in [0.1, 0.15) is 6.61 Å². The molecule has 2 aromatic rings. The molecule has 0 bridgehead atoms. The van der Waals surface area contributed by atoms with Crippen molar-refractivity contribution in [2.45, 2.75) is 19.4 Å². The van der Waals surface area contributed by atoms with Crippen LogP contribution in [-0.2, 0) is 16.0 Å². The van der Waals surface area contributed by atoms with Gasteiger partial charge in [-0.05, 0) is 48.7 Å². The first-order valence-electron chi connectivity index (χ1n) is 9.58. The summed E-state index contributed by atoms with van der Waals surface area (Å²) in [6, 6.07) is 12.7. The summed E-state index contributed by atoms with van der Waals surface area (Å²) in [7, 11) is 1.57. The molecular weight excluding hydrogens is 402 g/mol. The summed E-state index contributed by atoms with van der Waals surface area (Å²) in [4.78, 5) is 12.8. The third kappa shape index (κ3) is 7.14. The van der Waals surface area contributed by atoms with Crippen LogP contribution < -0.4 is 14.8 Å². The first kappa shape index (κ1) is 23.3. The molecule has 30 heavy (non-hydrogen) atoms. The summed E-state index contributed by atoms with van der Waals surface area (Å²) < 4.78 is 16.6. The highest BCUT2D eigenvalue weighted by molar-refractivity contribution is 6.30. The number of hydrogen-bond donors (Lipinski definition) is 1. The SMILES string of the molecule is C#CCOc1ccc(CCNC(=O)[C@@H](OCC=CC)c2ccc(Cl)cc2)cc1OC. The number of nitrogens with one attached hydrogen (secondary N) is 1. The molecule has 0 heterocycles. The average Bonchev–Trinajstić information content (AvgIpc) is 2.76. The predicted molar refractivity (Wildman–Crippen MR) is 119 cm³/mol. The minimum Gasteiger partial charge on any atom is -0.493 e. The van der Waals surface area contributed by atoms with E-state index in [1.54, 1.807) is 31.4 Å². The molecule has 1 N–H and O–H groups in total. The van der Waals surface area contributed by atoms with Crippen LogP contribution in [0.1, 0.15) is 24.2 Å². The molecule has 5 nitrogen and oxygen atoms in total. The van der Waals surface area contributed by atoms with Gasteiger partial charge in [0.15, 0.2) is 17.6 Å². The fraction of sp³-hybridized carbons (Fsp3) is 0.292. The number of methoxy groups -OCH3 is 1. The highest BCUT2D eigenvalue weighted by Gasteiger charge is 2.20. The largest absolute Gasteiger partial charge is 0.493 e. The van der Waals surface area contributed by atoms with Gasteiger partial charge >= 0.3 is 0 Å². The molecule has 158 valence electrons. The molecule has 0 radical (unpaired) electrons. The van der Waals surface area contributed by atoms with Gasteiger partial charge in [0.2, 0.25) is 0 Å². The minimum absolute atomic E-state index is 0.172. The van der Waals surface area contributed by atoms with Crippen LogP contribution in [0.2, 0.25) is 5.02 Å². The van der Waals surface area contributed by atoms with Gasteiger partial charge in [-0.15, -0.1) is 6.42 Å². The lowest BCUT2D eigenvalue weighted by Crippen LogP contribution is -2.32. The van der Waals surface area contributed by atoms with Crippen LogP contribution >= 0.6 is 11.6 Å². The summed E-state index contributed by atoms with van der Waals surface area (Å²) in [6.07, 6.45) is 8.87. The van der Waals surface area contributed by atoms with Crippen LogP contribution in [0.4, 0.5) is 0 Å². The molecule has 6 heteroatoms. The van der Waals surface area contributed by atoms with E-state index in [1.165, 1.54) is 0 Å². The molecular formula is C24H26ClNO4. The molecule has 1 amide bonds. The van der Waals surface area contributed by atoms with Gasteiger partial charge in [0.05, 0.1) is 13.7 Å². The van der Waals surface area contributed by atoms with Crippen molar-refractivity contribution in [2.24, 2.45) is 0 Å². The van der Waals surface area contributed by atoms with Gasteiger partial charge in [-0.3, -0.25) is 4.79 Å². The van der Waals surface area contributed by atoms with Crippen molar-refractivity contribution in [3.8, 4) is 23.8 Å². The number of allylic oxidation sites excluding steroid dienone is 1. The van der Waals surface area contributed by atoms with Crippen molar-refractivity contribution in [3.63, 3.8) is 0 Å². The van der Waals surface area contributed by atoms with E-state index in [9.17, 15) is 4.79 Å². The number of terminal acetylenes is 1. The molecule has 0 aliphatic rings. The number of halogens is 1. The maximum Gasteiger partial charge on any atom is 0.253 e. The van der Waals surface area contributed by atoms with Crippen LogP contribution in [-0.4, -0.2) is 32.8 Å². The third-order valence-electron chi connectivity index (χ3n) is 4.26. The van der Waals surface area contributed by atoms with Crippen LogP contribution in [0.5, 0.6) is 11.5 Å². The van der Waals surface area contributed by atoms with Gasteiger partial charge < -0.3 is 19.5 Å². The summed E-state index contributed by atoms with van der Waals surface area (Å²) in [5, 5.41) is 3.54. The number of carbonyl (C=O) groups is 1. The Morgan fingerprint density at radius 3 is 2.67 bits per heavy atom. The van der Waals surface area contributed by atoms with Crippen molar-refractivity contribution in [1.29, 1.82) is 0 Å². The van der Waals surface area contributed by atoms with Gasteiger partial charge in [0.25, 0.3) is 5.91 Å². The Balaban J connectivity index is 1.99. The van der Waals surface area contributed by atoms with E-state index in [-0.39, 0.29) is 12.5 Å². The van der Waals surface area contributed by atoms with Crippen LogP contribution in [0.25, 0.3) is 0 Å². The molecule has 0 spiro atoms. The lowest BCUT2D eigenvalue weighted by Gasteiger charge is -2.18. The molecule has 2 aromatic carbocycles. The Morgan fingerprint density at radius 2 is 2.00 bits per heavy atom. The number of amides is 1. The van der Waals surface area contributed by atoms with Gasteiger partial charge in [-0.1, -0.05) is 47.9 Å². The standard InChI is InChI=1S/C24H26ClNO4/c1-4-6-16-30-23(19-8-10-20(25)11-9-19)24(27)26-14-13-18-7-12-21(29-15-5-2)22(17-18)28-3/h2,4,6-12,17,23H,13-16H2,1,3H3,(H,26,27)/t23-/m0/s1. The van der Waals surface area contributed by atoms with E-state index in [0.29, 0.717) is 36.1 Å². The van der Waals surface area contributed by atoms with E-state index in [4.69, 9.17) is 32.2 Å². The maximum atomic E-state index is 12.8. The predicted octanol–water partition coefficient (Wildman–Crippen LogP) is 4.35. The highest BCUT2D eigenvalue weighted by Crippen LogP contribution is 2.28. The number of rotatable bonds is 11. The molecule has 2 rings (SSSR count). The molecule has 0 aliphatic carbocycles. The fourth-order valence-electron chi connectivity index (χ4n) is 2.74. The summed E-state index contributed by atoms with van der Waals surface area (Å²) in [6.45, 7) is 2.86. The summed E-state index contributed by atoms with van der Waals surface area (Å²) >= 11 is 5.96. The molecule has 0 saturated carbocycles. The van der Waals surface area contributed by atoms with Gasteiger partial charge in [-0.25, -0.2) is 0 Å². The number of carbonyl (C=O) groups excluding carboxylic acids is 1. The van der Waals surface area contributed by atoms with Crippen LogP contribution in [0.3, 0.4) is 0 Å². The molecule has 0 saturated heterocycles. The van der Waals surface area contributed by atoms with E-state index in [1.807, 2.05) is 37.3 Å². The van der Waals surface area contributed by atoms with Crippen LogP contribution in [0, 0.1) is 12.3 Å². The molecule has 1 atom stereocenters. The normalized spacial score (nSPS) is 11.7. The Hall–Kier alpha value is -2.94. The zero-order chi connectivity index (χ0) is 21.8. The molecule has 0 aliphatic heterocycles. The topological polar surface area (TPSA) is 56.8 Å². The maximum absolute atomic E-state index is 12.8. The minimum atomic E-state index is -0.715. The Bertz CT molecular complexity index is 887. The molecule has 0 aromatic heterocycles. The van der Waals surface area contributed by atoms with Crippen molar-refractivity contribution in [3.05, 3.63) is 70.8 Å². The summed E-state index contributed by atoms with van der Waals surface area (Å²) in [5.41, 5.74) is 1.75. The monoisotopic (exact) mass is 427 g/mol. The van der Waals surface area contributed by atoms with E-state index >= 15 is 0 Å². The average molecular weight is 428 g/mol. The van der Waals surface area contributed by atoms with E-state index in [2.05, 4.69) is 11.2 Å². The molecule has 0 fully saturated rings. The number of ether oxygens (including phenoxy) is 3. The summed E-state index contributed by atoms with van der Waals surface area (Å²) in [5.74, 6) is 3.41. The van der Waals surface area contributed by atoms with Crippen LogP contribution in [0.15, 0.2) is 54.6 Å². The molecule has 0 unspecified atom stereocenters. The number of benzene rings is 2. The quantitative estimate of drug-likeness (QED) is 0.428.